The Balaban J connectivity index is 1.56. The Morgan fingerprint density at radius 1 is 0.800 bits per heavy atom. The Morgan fingerprint density at radius 3 is 2.23 bits per heavy atom. The SMILES string of the molecule is CC1=C[C@H]2N(c3ccccc31)[C@H](C(=O)c1ccccc1)[C@@H](C(=O)c1ccc(F)cc1)[C@]21C(=O)Nc2ccccc21. The molecule has 0 unspecified atom stereocenters. The third kappa shape index (κ3) is 3.22. The molecule has 0 bridgehead atoms. The normalized spacial score (nSPS) is 24.1. The van der Waals surface area contributed by atoms with Crippen LogP contribution in [0.25, 0.3) is 5.57 Å². The topological polar surface area (TPSA) is 66.5 Å². The van der Waals surface area contributed by atoms with Gasteiger partial charge in [0.2, 0.25) is 5.91 Å². The monoisotopic (exact) mass is 528 g/mol. The van der Waals surface area contributed by atoms with Gasteiger partial charge in [-0.05, 0) is 54.5 Å². The van der Waals surface area contributed by atoms with E-state index in [1.54, 1.807) is 24.3 Å². The van der Waals surface area contributed by atoms with E-state index in [0.29, 0.717) is 16.8 Å². The van der Waals surface area contributed by atoms with Crippen molar-refractivity contribution in [1.29, 1.82) is 0 Å². The Bertz CT molecular complexity index is 1730. The number of fused-ring (bicyclic) bond motifs is 6. The van der Waals surface area contributed by atoms with Crippen LogP contribution in [0, 0.1) is 11.7 Å². The first-order valence-corrected chi connectivity index (χ1v) is 13.3. The van der Waals surface area contributed by atoms with Gasteiger partial charge >= 0.3 is 0 Å². The van der Waals surface area contributed by atoms with Gasteiger partial charge in [0.05, 0.1) is 12.0 Å². The quantitative estimate of drug-likeness (QED) is 0.327. The zero-order valence-electron chi connectivity index (χ0n) is 21.7. The van der Waals surface area contributed by atoms with Gasteiger partial charge in [0.15, 0.2) is 11.6 Å². The molecule has 0 saturated carbocycles. The summed E-state index contributed by atoms with van der Waals surface area (Å²) in [5.41, 5.74) is 3.33. The van der Waals surface area contributed by atoms with Crippen molar-refractivity contribution in [2.24, 2.45) is 5.92 Å². The Hall–Kier alpha value is -4.84. The van der Waals surface area contributed by atoms with E-state index >= 15 is 0 Å². The van der Waals surface area contributed by atoms with E-state index in [1.165, 1.54) is 24.3 Å². The number of carbonyl (C=O) groups is 3. The molecule has 3 aliphatic rings. The predicted octanol–water partition coefficient (Wildman–Crippen LogP) is 6.07. The summed E-state index contributed by atoms with van der Waals surface area (Å²) >= 11 is 0. The number of nitrogens with one attached hydrogen (secondary N) is 1. The molecule has 6 heteroatoms. The van der Waals surface area contributed by atoms with Crippen LogP contribution in [0.3, 0.4) is 0 Å². The van der Waals surface area contributed by atoms with Gasteiger partial charge in [-0.15, -0.1) is 0 Å². The molecule has 0 aliphatic carbocycles. The molecule has 4 aromatic carbocycles. The van der Waals surface area contributed by atoms with Gasteiger partial charge in [0, 0.05) is 28.1 Å². The van der Waals surface area contributed by atoms with Crippen LogP contribution in [0.4, 0.5) is 15.8 Å². The molecule has 196 valence electrons. The van der Waals surface area contributed by atoms with Gasteiger partial charge < -0.3 is 10.2 Å². The van der Waals surface area contributed by atoms with Crippen molar-refractivity contribution in [1.82, 2.24) is 0 Å². The number of halogens is 1. The number of Topliss-reactive ketones (excluding diaryl/α,β-unsaturated/α-hetero) is 2. The minimum atomic E-state index is -1.40. The third-order valence-electron chi connectivity index (χ3n) is 8.62. The van der Waals surface area contributed by atoms with Gasteiger partial charge in [-0.1, -0.05) is 72.8 Å². The Labute approximate surface area is 231 Å². The zero-order valence-corrected chi connectivity index (χ0v) is 21.7. The number of nitrogens with zero attached hydrogens (tertiary/aromatic N) is 1. The Morgan fingerprint density at radius 2 is 1.45 bits per heavy atom. The number of ketones is 2. The molecular formula is C34H25FN2O3. The number of rotatable bonds is 4. The fraction of sp³-hybridized carbons (Fsp3) is 0.147. The number of amides is 1. The summed E-state index contributed by atoms with van der Waals surface area (Å²) in [6.07, 6.45) is 2.02. The second kappa shape index (κ2) is 8.85. The number of para-hydroxylation sites is 2. The average Bonchev–Trinajstić information content (AvgIpc) is 3.45. The lowest BCUT2D eigenvalue weighted by Gasteiger charge is -2.39. The second-order valence-electron chi connectivity index (χ2n) is 10.6. The highest BCUT2D eigenvalue weighted by Crippen LogP contribution is 2.58. The van der Waals surface area contributed by atoms with Crippen LogP contribution in [0.15, 0.2) is 109 Å². The van der Waals surface area contributed by atoms with Crippen LogP contribution in [0.1, 0.15) is 38.8 Å². The summed E-state index contributed by atoms with van der Waals surface area (Å²) in [5, 5.41) is 3.03. The van der Waals surface area contributed by atoms with Crippen LogP contribution < -0.4 is 10.2 Å². The molecule has 4 atom stereocenters. The molecule has 1 amide bonds. The van der Waals surface area contributed by atoms with Gasteiger partial charge in [-0.2, -0.15) is 0 Å². The molecule has 5 nitrogen and oxygen atoms in total. The van der Waals surface area contributed by atoms with E-state index in [9.17, 15) is 18.8 Å². The van der Waals surface area contributed by atoms with Crippen molar-refractivity contribution >= 4 is 34.4 Å². The molecule has 4 aromatic rings. The molecule has 40 heavy (non-hydrogen) atoms. The summed E-state index contributed by atoms with van der Waals surface area (Å²) in [7, 11) is 0. The minimum absolute atomic E-state index is 0.247. The van der Waals surface area contributed by atoms with Gasteiger partial charge in [0.1, 0.15) is 17.3 Å². The third-order valence-corrected chi connectivity index (χ3v) is 8.62. The summed E-state index contributed by atoms with van der Waals surface area (Å²) < 4.78 is 13.9. The summed E-state index contributed by atoms with van der Waals surface area (Å²) in [6, 6.07) is 27.8. The summed E-state index contributed by atoms with van der Waals surface area (Å²) in [5.74, 6) is -2.50. The predicted molar refractivity (Wildman–Crippen MR) is 152 cm³/mol. The maximum atomic E-state index is 14.7. The van der Waals surface area contributed by atoms with Crippen molar-refractivity contribution in [3.63, 3.8) is 0 Å². The van der Waals surface area contributed by atoms with Crippen LogP contribution in [-0.4, -0.2) is 29.6 Å². The van der Waals surface area contributed by atoms with Crippen molar-refractivity contribution in [2.75, 3.05) is 10.2 Å². The number of hydrogen-bond acceptors (Lipinski definition) is 4. The molecule has 0 radical (unpaired) electrons. The van der Waals surface area contributed by atoms with E-state index in [4.69, 9.17) is 0 Å². The first-order chi connectivity index (χ1) is 19.4. The van der Waals surface area contributed by atoms with E-state index in [-0.39, 0.29) is 23.0 Å². The maximum Gasteiger partial charge on any atom is 0.238 e. The largest absolute Gasteiger partial charge is 0.352 e. The van der Waals surface area contributed by atoms with Crippen molar-refractivity contribution in [3.05, 3.63) is 137 Å². The van der Waals surface area contributed by atoms with Crippen LogP contribution in [-0.2, 0) is 10.2 Å². The van der Waals surface area contributed by atoms with E-state index in [0.717, 1.165) is 16.8 Å². The molecule has 1 fully saturated rings. The van der Waals surface area contributed by atoms with Crippen LogP contribution in [0.5, 0.6) is 0 Å². The van der Waals surface area contributed by atoms with Gasteiger partial charge in [0.25, 0.3) is 0 Å². The fourth-order valence-electron chi connectivity index (χ4n) is 6.95. The standard InChI is InChI=1S/C34H25FN2O3/c1-20-19-28-34(25-12-6-7-13-26(25)36-33(34)40)29(31(38)22-15-17-23(35)18-16-22)30(32(39)21-9-3-2-4-10-21)37(28)27-14-8-5-11-24(20)27/h2-19,28-30H,1H3,(H,36,40)/t28-,29+,30+,34-/m1/s1. The lowest BCUT2D eigenvalue weighted by Crippen LogP contribution is -2.51. The highest BCUT2D eigenvalue weighted by Gasteiger charge is 2.70. The van der Waals surface area contributed by atoms with Crippen molar-refractivity contribution < 1.29 is 18.8 Å². The molecule has 0 aromatic heterocycles. The second-order valence-corrected chi connectivity index (χ2v) is 10.6. The zero-order chi connectivity index (χ0) is 27.6. The average molecular weight is 529 g/mol. The highest BCUT2D eigenvalue weighted by atomic mass is 19.1. The minimum Gasteiger partial charge on any atom is -0.352 e. The van der Waals surface area contributed by atoms with E-state index in [2.05, 4.69) is 5.32 Å². The molecule has 1 N–H and O–H groups in total. The lowest BCUT2D eigenvalue weighted by molar-refractivity contribution is -0.121. The molecule has 3 heterocycles. The first-order valence-electron chi connectivity index (χ1n) is 13.3. The van der Waals surface area contributed by atoms with E-state index in [1.807, 2.05) is 72.5 Å². The van der Waals surface area contributed by atoms with E-state index < -0.39 is 29.2 Å². The van der Waals surface area contributed by atoms with Crippen molar-refractivity contribution in [2.45, 2.75) is 24.4 Å². The summed E-state index contributed by atoms with van der Waals surface area (Å²) in [4.78, 5) is 45.5. The molecule has 1 spiro atoms. The molecular weight excluding hydrogens is 503 g/mol. The number of anilines is 2. The smallest absolute Gasteiger partial charge is 0.238 e. The van der Waals surface area contributed by atoms with Crippen LogP contribution >= 0.6 is 0 Å². The number of allylic oxidation sites excluding steroid dienone is 1. The summed E-state index contributed by atoms with van der Waals surface area (Å²) in [6.45, 7) is 1.99. The maximum absolute atomic E-state index is 14.7. The van der Waals surface area contributed by atoms with Crippen molar-refractivity contribution in [3.8, 4) is 0 Å². The van der Waals surface area contributed by atoms with Crippen LogP contribution in [0.2, 0.25) is 0 Å². The molecule has 3 aliphatic heterocycles. The highest BCUT2D eigenvalue weighted by molar-refractivity contribution is 6.18. The molecule has 7 rings (SSSR count). The first kappa shape index (κ1) is 24.2. The number of carbonyl (C=O) groups excluding carboxylic acids is 3. The van der Waals surface area contributed by atoms with Gasteiger partial charge in [-0.3, -0.25) is 14.4 Å². The molecule has 1 saturated heterocycles. The number of benzene rings is 4. The fourth-order valence-corrected chi connectivity index (χ4v) is 6.95. The Kier molecular flexibility index (Phi) is 5.36. The number of hydrogen-bond donors (Lipinski definition) is 1. The van der Waals surface area contributed by atoms with Gasteiger partial charge in [-0.25, -0.2) is 4.39 Å². The lowest BCUT2D eigenvalue weighted by atomic mass is 9.64.